The lowest BCUT2D eigenvalue weighted by molar-refractivity contribution is 0.686. The summed E-state index contributed by atoms with van der Waals surface area (Å²) in [5.41, 5.74) is 26.1. The predicted molar refractivity (Wildman–Crippen MR) is 359 cm³/mol. The van der Waals surface area contributed by atoms with Gasteiger partial charge < -0.3 is 18.9 Å². The maximum atomic E-state index is 2.73. The molecule has 2 aliphatic carbocycles. The second-order valence-corrected chi connectivity index (χ2v) is 24.2. The second kappa shape index (κ2) is 20.3. The Bertz CT molecular complexity index is 4930. The number of hydrogen-bond donors (Lipinski definition) is 0. The molecule has 16 rings (SSSR count). The molecule has 0 saturated heterocycles. The molecule has 4 nitrogen and oxygen atoms in total. The van der Waals surface area contributed by atoms with Gasteiger partial charge in [0.2, 0.25) is 0 Å². The van der Waals surface area contributed by atoms with Crippen molar-refractivity contribution in [3.63, 3.8) is 0 Å². The highest BCUT2D eigenvalue weighted by molar-refractivity contribution is 6.30. The first-order valence-electron chi connectivity index (χ1n) is 31.2. The van der Waals surface area contributed by atoms with Gasteiger partial charge in [-0.1, -0.05) is 166 Å². The van der Waals surface area contributed by atoms with E-state index in [0.717, 1.165) is 51.4 Å². The maximum absolute atomic E-state index is 2.73. The van der Waals surface area contributed by atoms with E-state index in [0.29, 0.717) is 0 Å². The van der Waals surface area contributed by atoms with E-state index in [-0.39, 0.29) is 0 Å². The van der Waals surface area contributed by atoms with Crippen molar-refractivity contribution in [2.45, 2.75) is 105 Å². The summed E-state index contributed by atoms with van der Waals surface area (Å²) in [6, 6.07) is 79.8. The molecule has 84 heavy (non-hydrogen) atoms. The zero-order valence-electron chi connectivity index (χ0n) is 48.9. The van der Waals surface area contributed by atoms with E-state index in [1.807, 2.05) is 0 Å². The standard InChI is InChI=1S/C80H70N4/c1-5-22-55-48-75(81(70-39-19-28-53-26-9-11-30-58(53)70)57-42-43-64-62-32-13-17-37-72(62)82(77(64)50-57)68-35-15-7-24-51(68)3)66-46-44-61-56(23-6-2)49-76(67-47-45-60(55)78(66)79(61)67)83(71-40-20-29-54-27-10-12-31-59(54)71)74-41-21-34-65-63-33-14-18-38-73(63)84(80(65)74)69-36-16-8-25-52(69)4/h7-8,13-21,24-25,28-29,32-50H,5-6,9-12,22-23,26-27,30-31H2,1-4H3. The summed E-state index contributed by atoms with van der Waals surface area (Å²) in [4.78, 5) is 5.42. The number of anilines is 6. The number of fused-ring (bicyclic) bond motifs is 8. The van der Waals surface area contributed by atoms with Crippen LogP contribution in [0, 0.1) is 13.8 Å². The van der Waals surface area contributed by atoms with E-state index in [1.165, 1.54) is 192 Å². The first kappa shape index (κ1) is 50.6. The fourth-order valence-corrected chi connectivity index (χ4v) is 15.6. The van der Waals surface area contributed by atoms with Gasteiger partial charge in [-0.05, 0) is 211 Å². The van der Waals surface area contributed by atoms with E-state index in [9.17, 15) is 0 Å². The van der Waals surface area contributed by atoms with Crippen molar-refractivity contribution in [3.05, 3.63) is 251 Å². The van der Waals surface area contributed by atoms with Gasteiger partial charge in [-0.15, -0.1) is 0 Å². The van der Waals surface area contributed by atoms with Crippen LogP contribution in [0.3, 0.4) is 0 Å². The van der Waals surface area contributed by atoms with Crippen LogP contribution in [-0.4, -0.2) is 9.13 Å². The summed E-state index contributed by atoms with van der Waals surface area (Å²) in [5, 5.41) is 13.1. The number of rotatable bonds is 12. The van der Waals surface area contributed by atoms with Gasteiger partial charge in [0.1, 0.15) is 0 Å². The van der Waals surface area contributed by atoms with Crippen molar-refractivity contribution in [3.8, 4) is 11.4 Å². The monoisotopic (exact) mass is 1090 g/mol. The average molecular weight is 1090 g/mol. The van der Waals surface area contributed by atoms with Crippen molar-refractivity contribution >= 4 is 110 Å². The topological polar surface area (TPSA) is 16.3 Å². The van der Waals surface area contributed by atoms with Crippen LogP contribution < -0.4 is 9.80 Å². The highest BCUT2D eigenvalue weighted by Gasteiger charge is 2.31. The van der Waals surface area contributed by atoms with Crippen molar-refractivity contribution in [1.29, 1.82) is 0 Å². The molecular formula is C80H70N4. The molecule has 0 unspecified atom stereocenters. The Kier molecular flexibility index (Phi) is 12.3. The fraction of sp³-hybridized carbons (Fsp3) is 0.200. The highest BCUT2D eigenvalue weighted by atomic mass is 15.2. The molecule has 2 heterocycles. The van der Waals surface area contributed by atoms with E-state index in [4.69, 9.17) is 0 Å². The fourth-order valence-electron chi connectivity index (χ4n) is 15.6. The summed E-state index contributed by atoms with van der Waals surface area (Å²) >= 11 is 0. The van der Waals surface area contributed by atoms with Crippen LogP contribution in [0.4, 0.5) is 34.1 Å². The van der Waals surface area contributed by atoms with Crippen LogP contribution in [-0.2, 0) is 38.5 Å². The Morgan fingerprint density at radius 1 is 0.345 bits per heavy atom. The molecule has 0 amide bonds. The molecular weight excluding hydrogens is 1020 g/mol. The van der Waals surface area contributed by atoms with Crippen LogP contribution in [0.2, 0.25) is 0 Å². The van der Waals surface area contributed by atoms with Gasteiger partial charge in [0.15, 0.2) is 0 Å². The lowest BCUT2D eigenvalue weighted by Gasteiger charge is -2.34. The Morgan fingerprint density at radius 2 is 0.798 bits per heavy atom. The Labute approximate surface area is 493 Å². The van der Waals surface area contributed by atoms with E-state index < -0.39 is 0 Å². The molecule has 410 valence electrons. The van der Waals surface area contributed by atoms with Crippen LogP contribution in [0.25, 0.3) is 87.3 Å². The molecule has 0 N–H and O–H groups in total. The molecule has 2 aliphatic rings. The van der Waals surface area contributed by atoms with Gasteiger partial charge in [-0.2, -0.15) is 0 Å². The van der Waals surface area contributed by atoms with Crippen molar-refractivity contribution < 1.29 is 0 Å². The Morgan fingerprint density at radius 3 is 1.40 bits per heavy atom. The molecule has 4 heteroatoms. The van der Waals surface area contributed by atoms with Gasteiger partial charge in [-0.25, -0.2) is 0 Å². The number of hydrogen-bond acceptors (Lipinski definition) is 2. The largest absolute Gasteiger partial charge is 0.309 e. The van der Waals surface area contributed by atoms with Gasteiger partial charge >= 0.3 is 0 Å². The minimum absolute atomic E-state index is 0.974. The zero-order valence-corrected chi connectivity index (χ0v) is 48.9. The van der Waals surface area contributed by atoms with Crippen LogP contribution in [0.1, 0.15) is 96.9 Å². The molecule has 0 saturated carbocycles. The lowest BCUT2D eigenvalue weighted by Crippen LogP contribution is -2.17. The molecule has 2 aromatic heterocycles. The summed E-state index contributed by atoms with van der Waals surface area (Å²) < 4.78 is 5.08. The summed E-state index contributed by atoms with van der Waals surface area (Å²) in [7, 11) is 0. The van der Waals surface area contributed by atoms with Gasteiger partial charge in [0.25, 0.3) is 0 Å². The Hall–Kier alpha value is -9.12. The molecule has 14 aromatic rings. The van der Waals surface area contributed by atoms with E-state index in [1.54, 1.807) is 0 Å². The molecule has 0 fully saturated rings. The quantitative estimate of drug-likeness (QED) is 0.113. The number of aryl methyl sites for hydroxylation is 6. The van der Waals surface area contributed by atoms with Crippen molar-refractivity contribution in [1.82, 2.24) is 9.13 Å². The number of benzene rings is 12. The molecule has 0 spiro atoms. The third kappa shape index (κ3) is 7.79. The Balaban J connectivity index is 1.02. The molecule has 0 radical (unpaired) electrons. The minimum atomic E-state index is 0.974. The highest BCUT2D eigenvalue weighted by Crippen LogP contribution is 2.53. The lowest BCUT2D eigenvalue weighted by atomic mass is 9.85. The van der Waals surface area contributed by atoms with Gasteiger partial charge in [0.05, 0.1) is 39.1 Å². The second-order valence-electron chi connectivity index (χ2n) is 24.2. The molecule has 12 aromatic carbocycles. The summed E-state index contributed by atoms with van der Waals surface area (Å²) in [5.74, 6) is 0. The predicted octanol–water partition coefficient (Wildman–Crippen LogP) is 22.0. The summed E-state index contributed by atoms with van der Waals surface area (Å²) in [6.07, 6.45) is 13.2. The van der Waals surface area contributed by atoms with Crippen LogP contribution >= 0.6 is 0 Å². The first-order valence-corrected chi connectivity index (χ1v) is 31.2. The SMILES string of the molecule is CCCc1cc(N(c2ccc3c4ccccc4n(-c4ccccc4C)c3c2)c2cccc3c2CCCC3)c2ccc3c(CCC)cc(N(c4cccc5c4CCCC5)c4cccc5c6ccccc6n(-c6ccccc6C)c45)c4ccc1c2c34. The number of aromatic nitrogens is 2. The maximum Gasteiger partial charge on any atom is 0.0782 e. The normalized spacial score (nSPS) is 13.5. The average Bonchev–Trinajstić information content (AvgIpc) is 1.04. The molecule has 0 atom stereocenters. The molecule has 0 aliphatic heterocycles. The van der Waals surface area contributed by atoms with Crippen LogP contribution in [0.15, 0.2) is 206 Å². The number of para-hydroxylation sites is 5. The van der Waals surface area contributed by atoms with Crippen LogP contribution in [0.5, 0.6) is 0 Å². The zero-order chi connectivity index (χ0) is 56.2. The molecule has 0 bridgehead atoms. The van der Waals surface area contributed by atoms with E-state index in [2.05, 4.69) is 253 Å². The smallest absolute Gasteiger partial charge is 0.0782 e. The first-order chi connectivity index (χ1) is 41.5. The number of nitrogens with zero attached hydrogens (tertiary/aromatic N) is 4. The van der Waals surface area contributed by atoms with Gasteiger partial charge in [-0.3, -0.25) is 0 Å². The summed E-state index contributed by atoms with van der Waals surface area (Å²) in [6.45, 7) is 9.22. The van der Waals surface area contributed by atoms with E-state index >= 15 is 0 Å². The van der Waals surface area contributed by atoms with Crippen molar-refractivity contribution in [2.75, 3.05) is 9.80 Å². The minimum Gasteiger partial charge on any atom is -0.309 e. The third-order valence-corrected chi connectivity index (χ3v) is 19.3. The third-order valence-electron chi connectivity index (χ3n) is 19.3. The van der Waals surface area contributed by atoms with Gasteiger partial charge in [0, 0.05) is 60.8 Å². The van der Waals surface area contributed by atoms with Crippen molar-refractivity contribution in [2.24, 2.45) is 0 Å².